The van der Waals surface area contributed by atoms with Gasteiger partial charge in [-0.05, 0) is 17.5 Å². The van der Waals surface area contributed by atoms with Crippen molar-refractivity contribution in [2.24, 2.45) is 5.92 Å². The largest absolute Gasteiger partial charge is 0.469 e. The van der Waals surface area contributed by atoms with Crippen LogP contribution in [-0.2, 0) is 21.4 Å². The summed E-state index contributed by atoms with van der Waals surface area (Å²) in [6, 6.07) is 8.57. The van der Waals surface area contributed by atoms with E-state index in [1.54, 1.807) is 0 Å². The molecule has 1 aromatic rings. The van der Waals surface area contributed by atoms with Crippen LogP contribution in [0.3, 0.4) is 0 Å². The molecule has 1 heterocycles. The Hall–Kier alpha value is -1.35. The van der Waals surface area contributed by atoms with Crippen LogP contribution in [-0.4, -0.2) is 26.2 Å². The Morgan fingerprint density at radius 2 is 2.11 bits per heavy atom. The molecule has 3 heteroatoms. The van der Waals surface area contributed by atoms with Crippen molar-refractivity contribution in [3.05, 3.63) is 35.4 Å². The normalized spacial score (nSPS) is 27.2. The highest BCUT2D eigenvalue weighted by atomic mass is 16.5. The van der Waals surface area contributed by atoms with Gasteiger partial charge in [-0.25, -0.2) is 0 Å². The van der Waals surface area contributed by atoms with Gasteiger partial charge >= 0.3 is 5.97 Å². The Balaban J connectivity index is 2.30. The summed E-state index contributed by atoms with van der Waals surface area (Å²) in [5, 5.41) is 3.30. The fourth-order valence-corrected chi connectivity index (χ4v) is 2.73. The molecule has 1 saturated heterocycles. The maximum atomic E-state index is 11.9. The molecule has 1 aliphatic rings. The fourth-order valence-electron chi connectivity index (χ4n) is 2.73. The van der Waals surface area contributed by atoms with Crippen LogP contribution in [0.25, 0.3) is 0 Å². The molecule has 1 aliphatic heterocycles. The zero-order valence-electron chi connectivity index (χ0n) is 11.3. The minimum Gasteiger partial charge on any atom is -0.469 e. The summed E-state index contributed by atoms with van der Waals surface area (Å²) < 4.78 is 4.92. The van der Waals surface area contributed by atoms with Gasteiger partial charge in [0.15, 0.2) is 0 Å². The average molecular weight is 247 g/mol. The highest BCUT2D eigenvalue weighted by Gasteiger charge is 2.45. The van der Waals surface area contributed by atoms with Gasteiger partial charge in [0.25, 0.3) is 0 Å². The highest BCUT2D eigenvalue weighted by Crippen LogP contribution is 2.36. The van der Waals surface area contributed by atoms with Gasteiger partial charge in [0.1, 0.15) is 0 Å². The summed E-state index contributed by atoms with van der Waals surface area (Å²) in [4.78, 5) is 11.9. The molecule has 0 saturated carbocycles. The SMILES string of the molecule is CCc1ccc(C2(C)CNCC2C(=O)OC)cc1. The van der Waals surface area contributed by atoms with Crippen LogP contribution in [0.1, 0.15) is 25.0 Å². The monoisotopic (exact) mass is 247 g/mol. The number of rotatable bonds is 3. The number of hydrogen-bond donors (Lipinski definition) is 1. The third-order valence-electron chi connectivity index (χ3n) is 4.12. The molecule has 3 nitrogen and oxygen atoms in total. The highest BCUT2D eigenvalue weighted by molar-refractivity contribution is 5.75. The Morgan fingerprint density at radius 3 is 2.67 bits per heavy atom. The number of nitrogens with one attached hydrogen (secondary N) is 1. The van der Waals surface area contributed by atoms with Crippen LogP contribution in [0.15, 0.2) is 24.3 Å². The number of benzene rings is 1. The van der Waals surface area contributed by atoms with Gasteiger partial charge < -0.3 is 10.1 Å². The molecular weight excluding hydrogens is 226 g/mol. The molecule has 1 N–H and O–H groups in total. The lowest BCUT2D eigenvalue weighted by atomic mass is 9.74. The summed E-state index contributed by atoms with van der Waals surface area (Å²) in [6.07, 6.45) is 1.04. The van der Waals surface area contributed by atoms with E-state index in [0.29, 0.717) is 6.54 Å². The standard InChI is InChI=1S/C15H21NO2/c1-4-11-5-7-12(8-6-11)15(2)10-16-9-13(15)14(17)18-3/h5-8,13,16H,4,9-10H2,1-3H3. The summed E-state index contributed by atoms with van der Waals surface area (Å²) in [5.74, 6) is -0.225. The second kappa shape index (κ2) is 5.11. The van der Waals surface area contributed by atoms with Gasteiger partial charge in [0.2, 0.25) is 0 Å². The zero-order valence-corrected chi connectivity index (χ0v) is 11.3. The van der Waals surface area contributed by atoms with Crippen LogP contribution in [0.2, 0.25) is 0 Å². The molecule has 2 rings (SSSR count). The van der Waals surface area contributed by atoms with E-state index < -0.39 is 0 Å². The van der Waals surface area contributed by atoms with Crippen LogP contribution >= 0.6 is 0 Å². The minimum atomic E-state index is -0.167. The molecule has 1 fully saturated rings. The molecule has 98 valence electrons. The van der Waals surface area contributed by atoms with Crippen molar-refractivity contribution in [2.75, 3.05) is 20.2 Å². The van der Waals surface area contributed by atoms with E-state index in [0.717, 1.165) is 13.0 Å². The van der Waals surface area contributed by atoms with E-state index in [4.69, 9.17) is 4.74 Å². The van der Waals surface area contributed by atoms with Crippen molar-refractivity contribution < 1.29 is 9.53 Å². The molecule has 0 spiro atoms. The second-order valence-corrected chi connectivity index (χ2v) is 5.17. The lowest BCUT2D eigenvalue weighted by Crippen LogP contribution is -2.37. The van der Waals surface area contributed by atoms with E-state index in [1.807, 2.05) is 0 Å². The van der Waals surface area contributed by atoms with Crippen molar-refractivity contribution in [1.29, 1.82) is 0 Å². The topological polar surface area (TPSA) is 38.3 Å². The molecule has 0 radical (unpaired) electrons. The van der Waals surface area contributed by atoms with E-state index in [1.165, 1.54) is 18.2 Å². The fraction of sp³-hybridized carbons (Fsp3) is 0.533. The van der Waals surface area contributed by atoms with Crippen molar-refractivity contribution in [3.8, 4) is 0 Å². The van der Waals surface area contributed by atoms with E-state index in [9.17, 15) is 4.79 Å². The smallest absolute Gasteiger partial charge is 0.310 e. The van der Waals surface area contributed by atoms with Gasteiger partial charge in [-0.15, -0.1) is 0 Å². The average Bonchev–Trinajstić information content (AvgIpc) is 2.81. The molecule has 0 aromatic heterocycles. The van der Waals surface area contributed by atoms with Crippen molar-refractivity contribution in [3.63, 3.8) is 0 Å². The Kier molecular flexibility index (Phi) is 3.71. The van der Waals surface area contributed by atoms with Gasteiger partial charge in [0, 0.05) is 18.5 Å². The molecule has 2 atom stereocenters. The van der Waals surface area contributed by atoms with Crippen molar-refractivity contribution >= 4 is 5.97 Å². The third-order valence-corrected chi connectivity index (χ3v) is 4.12. The van der Waals surface area contributed by atoms with Crippen LogP contribution in [0, 0.1) is 5.92 Å². The molecule has 0 bridgehead atoms. The number of methoxy groups -OCH3 is 1. The van der Waals surface area contributed by atoms with Crippen molar-refractivity contribution in [2.45, 2.75) is 25.7 Å². The summed E-state index contributed by atoms with van der Waals surface area (Å²) in [6.45, 7) is 5.79. The zero-order chi connectivity index (χ0) is 13.2. The number of aryl methyl sites for hydroxylation is 1. The number of carbonyl (C=O) groups excluding carboxylic acids is 1. The molecule has 18 heavy (non-hydrogen) atoms. The lowest BCUT2D eigenvalue weighted by molar-refractivity contribution is -0.146. The first-order valence-electron chi connectivity index (χ1n) is 6.49. The third kappa shape index (κ3) is 2.15. The number of esters is 1. The van der Waals surface area contributed by atoms with Crippen LogP contribution in [0.4, 0.5) is 0 Å². The maximum absolute atomic E-state index is 11.9. The van der Waals surface area contributed by atoms with Gasteiger partial charge in [0.05, 0.1) is 13.0 Å². The molecular formula is C15H21NO2. The Labute approximate surface area is 109 Å². The molecule has 0 amide bonds. The molecule has 1 aromatic carbocycles. The number of carbonyl (C=O) groups is 1. The van der Waals surface area contributed by atoms with E-state index in [2.05, 4.69) is 43.4 Å². The first-order valence-corrected chi connectivity index (χ1v) is 6.49. The minimum absolute atomic E-state index is 0.102. The summed E-state index contributed by atoms with van der Waals surface area (Å²) >= 11 is 0. The Bertz CT molecular complexity index is 427. The summed E-state index contributed by atoms with van der Waals surface area (Å²) in [5.41, 5.74) is 2.36. The van der Waals surface area contributed by atoms with Crippen molar-refractivity contribution in [1.82, 2.24) is 5.32 Å². The molecule has 0 aliphatic carbocycles. The van der Waals surface area contributed by atoms with Crippen LogP contribution < -0.4 is 5.32 Å². The number of ether oxygens (including phenoxy) is 1. The van der Waals surface area contributed by atoms with Gasteiger partial charge in [-0.1, -0.05) is 38.1 Å². The first kappa shape index (κ1) is 13.1. The predicted octanol–water partition coefficient (Wildman–Crippen LogP) is 1.90. The summed E-state index contributed by atoms with van der Waals surface area (Å²) in [7, 11) is 1.46. The van der Waals surface area contributed by atoms with E-state index >= 15 is 0 Å². The van der Waals surface area contributed by atoms with Gasteiger partial charge in [-0.3, -0.25) is 4.79 Å². The lowest BCUT2D eigenvalue weighted by Gasteiger charge is -2.29. The van der Waals surface area contributed by atoms with Gasteiger partial charge in [-0.2, -0.15) is 0 Å². The van der Waals surface area contributed by atoms with E-state index in [-0.39, 0.29) is 17.3 Å². The molecule has 2 unspecified atom stereocenters. The first-order chi connectivity index (χ1) is 8.61. The maximum Gasteiger partial charge on any atom is 0.310 e. The number of hydrogen-bond acceptors (Lipinski definition) is 3. The van der Waals surface area contributed by atoms with Crippen LogP contribution in [0.5, 0.6) is 0 Å². The predicted molar refractivity (Wildman–Crippen MR) is 71.5 cm³/mol. The Morgan fingerprint density at radius 1 is 1.44 bits per heavy atom. The quantitative estimate of drug-likeness (QED) is 0.829. The second-order valence-electron chi connectivity index (χ2n) is 5.17.